The van der Waals surface area contributed by atoms with Gasteiger partial charge in [-0.05, 0) is 31.2 Å². The summed E-state index contributed by atoms with van der Waals surface area (Å²) in [4.78, 5) is 11.8. The summed E-state index contributed by atoms with van der Waals surface area (Å²) in [6.45, 7) is 1.89. The molecule has 0 bridgehead atoms. The van der Waals surface area contributed by atoms with E-state index in [-0.39, 0.29) is 5.91 Å². The predicted molar refractivity (Wildman–Crippen MR) is 85.5 cm³/mol. The Balaban J connectivity index is 2.12. The molecular formula is C18H17NO2. The molecule has 106 valence electrons. The van der Waals surface area contributed by atoms with Crippen molar-refractivity contribution in [3.05, 3.63) is 78.9 Å². The van der Waals surface area contributed by atoms with Crippen LogP contribution in [0.5, 0.6) is 11.5 Å². The van der Waals surface area contributed by atoms with Crippen molar-refractivity contribution in [2.75, 3.05) is 5.32 Å². The molecule has 0 radical (unpaired) electrons. The Labute approximate surface area is 124 Å². The standard InChI is InChI=1S/C18H17NO2/c1-2-3-5-14-18(20)19-16-12-8-9-13-17(16)21-15-10-6-4-7-11-15/h2-14H,1H3,(H,19,20)/b3-2+,14-5+. The van der Waals surface area contributed by atoms with E-state index in [1.54, 1.807) is 18.2 Å². The summed E-state index contributed by atoms with van der Waals surface area (Å²) in [5.41, 5.74) is 0.636. The van der Waals surface area contributed by atoms with Crippen molar-refractivity contribution in [3.8, 4) is 11.5 Å². The molecule has 0 aromatic heterocycles. The molecular weight excluding hydrogens is 262 g/mol. The maximum atomic E-state index is 11.8. The number of ether oxygens (including phenoxy) is 1. The largest absolute Gasteiger partial charge is 0.455 e. The van der Waals surface area contributed by atoms with Gasteiger partial charge < -0.3 is 10.1 Å². The Morgan fingerprint density at radius 3 is 2.48 bits per heavy atom. The molecule has 1 amide bonds. The molecule has 0 unspecified atom stereocenters. The van der Waals surface area contributed by atoms with Crippen molar-refractivity contribution in [3.63, 3.8) is 0 Å². The summed E-state index contributed by atoms with van der Waals surface area (Å²) in [5.74, 6) is 1.14. The van der Waals surface area contributed by atoms with Crippen molar-refractivity contribution in [1.82, 2.24) is 0 Å². The van der Waals surface area contributed by atoms with Crippen molar-refractivity contribution in [2.24, 2.45) is 0 Å². The van der Waals surface area contributed by atoms with E-state index >= 15 is 0 Å². The molecule has 0 atom stereocenters. The monoisotopic (exact) mass is 279 g/mol. The highest BCUT2D eigenvalue weighted by molar-refractivity contribution is 6.00. The number of anilines is 1. The van der Waals surface area contributed by atoms with Crippen molar-refractivity contribution < 1.29 is 9.53 Å². The minimum Gasteiger partial charge on any atom is -0.455 e. The average molecular weight is 279 g/mol. The lowest BCUT2D eigenvalue weighted by atomic mass is 10.2. The van der Waals surface area contributed by atoms with Gasteiger partial charge in [0.05, 0.1) is 5.69 Å². The number of carbonyl (C=O) groups excluding carboxylic acids is 1. The van der Waals surface area contributed by atoms with Gasteiger partial charge in [-0.25, -0.2) is 0 Å². The van der Waals surface area contributed by atoms with E-state index in [4.69, 9.17) is 4.74 Å². The van der Waals surface area contributed by atoms with Crippen LogP contribution in [-0.2, 0) is 4.79 Å². The number of benzene rings is 2. The quantitative estimate of drug-likeness (QED) is 0.644. The first-order chi connectivity index (χ1) is 10.3. The predicted octanol–water partition coefficient (Wildman–Crippen LogP) is 4.55. The molecule has 0 aliphatic heterocycles. The second-order valence-electron chi connectivity index (χ2n) is 4.29. The van der Waals surface area contributed by atoms with Crippen LogP contribution in [0, 0.1) is 0 Å². The number of amides is 1. The van der Waals surface area contributed by atoms with Gasteiger partial charge in [-0.3, -0.25) is 4.79 Å². The van der Waals surface area contributed by atoms with Crippen molar-refractivity contribution in [2.45, 2.75) is 6.92 Å². The lowest BCUT2D eigenvalue weighted by Crippen LogP contribution is -2.08. The van der Waals surface area contributed by atoms with Gasteiger partial charge in [-0.2, -0.15) is 0 Å². The lowest BCUT2D eigenvalue weighted by molar-refractivity contribution is -0.111. The van der Waals surface area contributed by atoms with Crippen molar-refractivity contribution in [1.29, 1.82) is 0 Å². The molecule has 2 rings (SSSR count). The van der Waals surface area contributed by atoms with Gasteiger partial charge in [-0.1, -0.05) is 48.6 Å². The molecule has 2 aromatic rings. The van der Waals surface area contributed by atoms with Crippen LogP contribution in [0.3, 0.4) is 0 Å². The van der Waals surface area contributed by atoms with Crippen LogP contribution in [0.2, 0.25) is 0 Å². The highest BCUT2D eigenvalue weighted by Gasteiger charge is 2.06. The van der Waals surface area contributed by atoms with Gasteiger partial charge in [-0.15, -0.1) is 0 Å². The van der Waals surface area contributed by atoms with Crippen LogP contribution in [0.4, 0.5) is 5.69 Å². The van der Waals surface area contributed by atoms with Crippen LogP contribution >= 0.6 is 0 Å². The van der Waals surface area contributed by atoms with E-state index in [1.807, 2.05) is 61.5 Å². The van der Waals surface area contributed by atoms with E-state index in [1.165, 1.54) is 6.08 Å². The third-order valence-electron chi connectivity index (χ3n) is 2.67. The Bertz CT molecular complexity index is 645. The van der Waals surface area contributed by atoms with Crippen LogP contribution in [-0.4, -0.2) is 5.91 Å². The van der Waals surface area contributed by atoms with Crippen LogP contribution < -0.4 is 10.1 Å². The Hall–Kier alpha value is -2.81. The molecule has 2 aromatic carbocycles. The Morgan fingerprint density at radius 2 is 1.71 bits per heavy atom. The van der Waals surface area contributed by atoms with Gasteiger partial charge >= 0.3 is 0 Å². The summed E-state index contributed by atoms with van der Waals surface area (Å²) >= 11 is 0. The molecule has 0 heterocycles. The zero-order valence-electron chi connectivity index (χ0n) is 11.8. The molecule has 0 saturated carbocycles. The summed E-state index contributed by atoms with van der Waals surface area (Å²) < 4.78 is 5.78. The molecule has 1 N–H and O–H groups in total. The highest BCUT2D eigenvalue weighted by atomic mass is 16.5. The lowest BCUT2D eigenvalue weighted by Gasteiger charge is -2.11. The van der Waals surface area contributed by atoms with Gasteiger partial charge in [0, 0.05) is 6.08 Å². The maximum Gasteiger partial charge on any atom is 0.248 e. The van der Waals surface area contributed by atoms with Gasteiger partial charge in [0.15, 0.2) is 5.75 Å². The smallest absolute Gasteiger partial charge is 0.248 e. The van der Waals surface area contributed by atoms with Crippen LogP contribution in [0.25, 0.3) is 0 Å². The zero-order chi connectivity index (χ0) is 14.9. The molecule has 3 nitrogen and oxygen atoms in total. The van der Waals surface area contributed by atoms with E-state index in [2.05, 4.69) is 5.32 Å². The third kappa shape index (κ3) is 4.66. The number of para-hydroxylation sites is 3. The summed E-state index contributed by atoms with van der Waals surface area (Å²) in [5, 5.41) is 2.81. The number of hydrogen-bond donors (Lipinski definition) is 1. The number of rotatable bonds is 5. The van der Waals surface area contributed by atoms with E-state index < -0.39 is 0 Å². The molecule has 0 fully saturated rings. The van der Waals surface area contributed by atoms with Gasteiger partial charge in [0.1, 0.15) is 5.75 Å². The molecule has 21 heavy (non-hydrogen) atoms. The number of hydrogen-bond acceptors (Lipinski definition) is 2. The second kappa shape index (κ2) is 7.70. The molecule has 0 aliphatic carbocycles. The average Bonchev–Trinajstić information content (AvgIpc) is 2.51. The number of carbonyl (C=O) groups is 1. The summed E-state index contributed by atoms with van der Waals surface area (Å²) in [7, 11) is 0. The maximum absolute atomic E-state index is 11.8. The Morgan fingerprint density at radius 1 is 1.00 bits per heavy atom. The minimum absolute atomic E-state index is 0.197. The fourth-order valence-corrected chi connectivity index (χ4v) is 1.70. The minimum atomic E-state index is -0.197. The fourth-order valence-electron chi connectivity index (χ4n) is 1.70. The first-order valence-corrected chi connectivity index (χ1v) is 6.72. The molecule has 0 saturated heterocycles. The highest BCUT2D eigenvalue weighted by Crippen LogP contribution is 2.28. The normalized spacial score (nSPS) is 10.9. The fraction of sp³-hybridized carbons (Fsp3) is 0.0556. The zero-order valence-corrected chi connectivity index (χ0v) is 11.8. The Kier molecular flexibility index (Phi) is 5.35. The topological polar surface area (TPSA) is 38.3 Å². The summed E-state index contributed by atoms with van der Waals surface area (Å²) in [6.07, 6.45) is 6.82. The molecule has 0 spiro atoms. The van der Waals surface area contributed by atoms with Crippen LogP contribution in [0.15, 0.2) is 78.9 Å². The van der Waals surface area contributed by atoms with Crippen LogP contribution in [0.1, 0.15) is 6.92 Å². The molecule has 0 aliphatic rings. The van der Waals surface area contributed by atoms with E-state index in [9.17, 15) is 4.79 Å². The number of allylic oxidation sites excluding steroid dienone is 3. The summed E-state index contributed by atoms with van der Waals surface area (Å²) in [6, 6.07) is 16.8. The molecule has 3 heteroatoms. The van der Waals surface area contributed by atoms with Crippen molar-refractivity contribution >= 4 is 11.6 Å². The van der Waals surface area contributed by atoms with Gasteiger partial charge in [0.2, 0.25) is 5.91 Å². The first kappa shape index (κ1) is 14.6. The van der Waals surface area contributed by atoms with E-state index in [0.717, 1.165) is 5.75 Å². The van der Waals surface area contributed by atoms with Gasteiger partial charge in [0.25, 0.3) is 0 Å². The third-order valence-corrected chi connectivity index (χ3v) is 2.67. The van der Waals surface area contributed by atoms with E-state index in [0.29, 0.717) is 11.4 Å². The SMILES string of the molecule is C/C=C/C=C/C(=O)Nc1ccccc1Oc1ccccc1. The second-order valence-corrected chi connectivity index (χ2v) is 4.29. The number of nitrogens with one attached hydrogen (secondary N) is 1. The first-order valence-electron chi connectivity index (χ1n) is 6.72.